The molecule has 0 aliphatic heterocycles. The molecule has 8 aromatic carbocycles. The van der Waals surface area contributed by atoms with E-state index in [1.807, 2.05) is 0 Å². The summed E-state index contributed by atoms with van der Waals surface area (Å²) >= 11 is 0. The van der Waals surface area contributed by atoms with Crippen molar-refractivity contribution in [1.29, 1.82) is 0 Å². The fraction of sp³-hybridized carbons (Fsp3) is 0.125. The average molecular weight is 628 g/mol. The standard InChI is InChI=1S/C48H37N/c1-47(2)42-20-12-10-16-36(42)40-28-32(24-26-43(40)47)49(33-23-25-37-35-15-9-11-19-41(35)48(3,4)44(37)29-33)45-27-31-22-21-30-13-5-6-14-34(30)46(31)39-18-8-7-17-38(39)45/h5-29H,1-4H3. The van der Waals surface area contributed by atoms with Gasteiger partial charge in [-0.1, -0.05) is 149 Å². The summed E-state index contributed by atoms with van der Waals surface area (Å²) < 4.78 is 0. The van der Waals surface area contributed by atoms with Crippen molar-refractivity contribution in [3.63, 3.8) is 0 Å². The van der Waals surface area contributed by atoms with Crippen LogP contribution in [0.5, 0.6) is 0 Å². The van der Waals surface area contributed by atoms with Crippen LogP contribution in [0.25, 0.3) is 54.6 Å². The van der Waals surface area contributed by atoms with Crippen LogP contribution in [0.4, 0.5) is 17.1 Å². The first kappa shape index (κ1) is 28.4. The van der Waals surface area contributed by atoms with E-state index in [0.717, 1.165) is 0 Å². The van der Waals surface area contributed by atoms with Crippen LogP contribution < -0.4 is 4.90 Å². The highest BCUT2D eigenvalue weighted by Gasteiger charge is 2.37. The van der Waals surface area contributed by atoms with E-state index in [1.54, 1.807) is 0 Å². The molecule has 0 radical (unpaired) electrons. The van der Waals surface area contributed by atoms with Crippen molar-refractivity contribution in [2.75, 3.05) is 4.90 Å². The average Bonchev–Trinajstić information content (AvgIpc) is 3.51. The van der Waals surface area contributed by atoms with Crippen molar-refractivity contribution in [3.05, 3.63) is 174 Å². The molecule has 0 N–H and O–H groups in total. The molecule has 234 valence electrons. The second kappa shape index (κ2) is 9.94. The third-order valence-electron chi connectivity index (χ3n) is 11.6. The molecule has 8 aromatic rings. The minimum atomic E-state index is -0.0983. The summed E-state index contributed by atoms with van der Waals surface area (Å²) in [5.41, 5.74) is 14.3. The molecular formula is C48H37N. The van der Waals surface area contributed by atoms with Crippen molar-refractivity contribution in [2.45, 2.75) is 38.5 Å². The van der Waals surface area contributed by atoms with Crippen molar-refractivity contribution < 1.29 is 0 Å². The smallest absolute Gasteiger partial charge is 0.0546 e. The van der Waals surface area contributed by atoms with Gasteiger partial charge < -0.3 is 4.90 Å². The number of fused-ring (bicyclic) bond motifs is 11. The quantitative estimate of drug-likeness (QED) is 0.176. The lowest BCUT2D eigenvalue weighted by Gasteiger charge is -2.30. The van der Waals surface area contributed by atoms with E-state index >= 15 is 0 Å². The lowest BCUT2D eigenvalue weighted by atomic mass is 9.82. The Hall–Kier alpha value is -5.66. The summed E-state index contributed by atoms with van der Waals surface area (Å²) in [4.78, 5) is 2.52. The van der Waals surface area contributed by atoms with E-state index < -0.39 is 0 Å². The molecule has 2 aliphatic rings. The number of hydrogen-bond acceptors (Lipinski definition) is 1. The fourth-order valence-electron chi connectivity index (χ4n) is 9.15. The van der Waals surface area contributed by atoms with Gasteiger partial charge in [-0.3, -0.25) is 0 Å². The van der Waals surface area contributed by atoms with Gasteiger partial charge in [-0.25, -0.2) is 0 Å². The summed E-state index contributed by atoms with van der Waals surface area (Å²) in [6.07, 6.45) is 0. The molecule has 0 saturated heterocycles. The number of rotatable bonds is 3. The first-order chi connectivity index (χ1) is 23.8. The van der Waals surface area contributed by atoms with E-state index in [1.165, 1.54) is 93.9 Å². The normalized spacial score (nSPS) is 14.9. The van der Waals surface area contributed by atoms with E-state index in [0.29, 0.717) is 0 Å². The van der Waals surface area contributed by atoms with Crippen LogP contribution in [0.2, 0.25) is 0 Å². The van der Waals surface area contributed by atoms with Gasteiger partial charge in [-0.05, 0) is 102 Å². The minimum Gasteiger partial charge on any atom is -0.310 e. The van der Waals surface area contributed by atoms with Crippen LogP contribution in [0.15, 0.2) is 152 Å². The van der Waals surface area contributed by atoms with Crippen LogP contribution in [0.1, 0.15) is 49.9 Å². The maximum Gasteiger partial charge on any atom is 0.0546 e. The first-order valence-corrected chi connectivity index (χ1v) is 17.4. The van der Waals surface area contributed by atoms with Crippen molar-refractivity contribution in [1.82, 2.24) is 0 Å². The highest BCUT2D eigenvalue weighted by molar-refractivity contribution is 6.23. The van der Waals surface area contributed by atoms with E-state index in [4.69, 9.17) is 0 Å². The number of benzene rings is 8. The maximum atomic E-state index is 2.52. The number of nitrogens with zero attached hydrogens (tertiary/aromatic N) is 1. The Morgan fingerprint density at radius 1 is 0.367 bits per heavy atom. The fourth-order valence-corrected chi connectivity index (χ4v) is 9.15. The van der Waals surface area contributed by atoms with Gasteiger partial charge in [0.1, 0.15) is 0 Å². The topological polar surface area (TPSA) is 3.24 Å². The van der Waals surface area contributed by atoms with Crippen molar-refractivity contribution in [3.8, 4) is 22.3 Å². The Balaban J connectivity index is 1.28. The first-order valence-electron chi connectivity index (χ1n) is 17.4. The predicted octanol–water partition coefficient (Wildman–Crippen LogP) is 13.2. The van der Waals surface area contributed by atoms with Crippen LogP contribution >= 0.6 is 0 Å². The van der Waals surface area contributed by atoms with Crippen molar-refractivity contribution in [2.24, 2.45) is 0 Å². The van der Waals surface area contributed by atoms with E-state index in [-0.39, 0.29) is 10.8 Å². The Labute approximate surface area is 288 Å². The molecular weight excluding hydrogens is 591 g/mol. The molecule has 1 heteroatoms. The van der Waals surface area contributed by atoms with Crippen LogP contribution in [0, 0.1) is 0 Å². The Morgan fingerprint density at radius 2 is 0.898 bits per heavy atom. The van der Waals surface area contributed by atoms with Crippen LogP contribution in [-0.2, 0) is 10.8 Å². The van der Waals surface area contributed by atoms with Gasteiger partial charge in [0, 0.05) is 27.6 Å². The molecule has 0 fully saturated rings. The molecule has 0 heterocycles. The summed E-state index contributed by atoms with van der Waals surface area (Å²) in [6.45, 7) is 9.46. The van der Waals surface area contributed by atoms with Crippen LogP contribution in [-0.4, -0.2) is 0 Å². The Bertz CT molecular complexity index is 2670. The zero-order valence-electron chi connectivity index (χ0n) is 28.4. The highest BCUT2D eigenvalue weighted by atomic mass is 15.1. The van der Waals surface area contributed by atoms with E-state index in [9.17, 15) is 0 Å². The largest absolute Gasteiger partial charge is 0.310 e. The molecule has 49 heavy (non-hydrogen) atoms. The second-order valence-corrected chi connectivity index (χ2v) is 15.0. The monoisotopic (exact) mass is 627 g/mol. The molecule has 0 aromatic heterocycles. The minimum absolute atomic E-state index is 0.0463. The summed E-state index contributed by atoms with van der Waals surface area (Å²) in [6, 6.07) is 56.9. The lowest BCUT2D eigenvalue weighted by Crippen LogP contribution is -2.17. The summed E-state index contributed by atoms with van der Waals surface area (Å²) in [5.74, 6) is 0. The van der Waals surface area contributed by atoms with Crippen LogP contribution in [0.3, 0.4) is 0 Å². The van der Waals surface area contributed by atoms with Gasteiger partial charge in [0.05, 0.1) is 5.69 Å². The molecule has 0 bridgehead atoms. The summed E-state index contributed by atoms with van der Waals surface area (Å²) in [5, 5.41) is 7.65. The van der Waals surface area contributed by atoms with Gasteiger partial charge in [0.2, 0.25) is 0 Å². The van der Waals surface area contributed by atoms with E-state index in [2.05, 4.69) is 184 Å². The van der Waals surface area contributed by atoms with Gasteiger partial charge in [-0.15, -0.1) is 0 Å². The van der Waals surface area contributed by atoms with Gasteiger partial charge >= 0.3 is 0 Å². The maximum absolute atomic E-state index is 2.52. The lowest BCUT2D eigenvalue weighted by molar-refractivity contribution is 0.660. The van der Waals surface area contributed by atoms with Gasteiger partial charge in [0.25, 0.3) is 0 Å². The zero-order valence-corrected chi connectivity index (χ0v) is 28.4. The summed E-state index contributed by atoms with van der Waals surface area (Å²) in [7, 11) is 0. The molecule has 0 spiro atoms. The van der Waals surface area contributed by atoms with Gasteiger partial charge in [0.15, 0.2) is 0 Å². The third kappa shape index (κ3) is 3.88. The molecule has 10 rings (SSSR count). The van der Waals surface area contributed by atoms with Crippen molar-refractivity contribution >= 4 is 49.4 Å². The SMILES string of the molecule is CC1(C)c2ccccc2-c2cc(N(c3ccc4c(c3)C(C)(C)c3ccccc3-4)c3cc4ccc5ccccc5c4c4ccccc34)ccc21. The Kier molecular flexibility index (Phi) is 5.75. The molecule has 0 amide bonds. The Morgan fingerprint density at radius 3 is 1.67 bits per heavy atom. The molecule has 0 unspecified atom stereocenters. The highest BCUT2D eigenvalue weighted by Crippen LogP contribution is 2.54. The molecule has 2 aliphatic carbocycles. The predicted molar refractivity (Wildman–Crippen MR) is 209 cm³/mol. The molecule has 0 atom stereocenters. The zero-order chi connectivity index (χ0) is 33.1. The van der Waals surface area contributed by atoms with Gasteiger partial charge in [-0.2, -0.15) is 0 Å². The molecule has 1 nitrogen and oxygen atoms in total. The number of anilines is 3. The second-order valence-electron chi connectivity index (χ2n) is 15.0. The molecule has 0 saturated carbocycles. The number of hydrogen-bond donors (Lipinski definition) is 0. The third-order valence-corrected chi connectivity index (χ3v) is 11.6.